The van der Waals surface area contributed by atoms with Gasteiger partial charge in [-0.25, -0.2) is 9.59 Å². The SMILES string of the molecule is CCOCC(C)NC(=O)N1CCCCC1(C)C(=O)O. The first-order valence-corrected chi connectivity index (χ1v) is 6.81. The second-order valence-electron chi connectivity index (χ2n) is 5.20. The Morgan fingerprint density at radius 3 is 2.74 bits per heavy atom. The molecule has 1 fully saturated rings. The molecular formula is C13H24N2O4. The van der Waals surface area contributed by atoms with Gasteiger partial charge in [-0.3, -0.25) is 0 Å². The highest BCUT2D eigenvalue weighted by atomic mass is 16.5. The van der Waals surface area contributed by atoms with Crippen LogP contribution in [0.25, 0.3) is 0 Å². The van der Waals surface area contributed by atoms with Crippen LogP contribution in [0, 0.1) is 0 Å². The third-order valence-corrected chi connectivity index (χ3v) is 3.54. The maximum absolute atomic E-state index is 12.2. The van der Waals surface area contributed by atoms with E-state index in [0.29, 0.717) is 26.2 Å². The summed E-state index contributed by atoms with van der Waals surface area (Å²) >= 11 is 0. The molecule has 0 spiro atoms. The molecule has 1 heterocycles. The minimum atomic E-state index is -1.10. The van der Waals surface area contributed by atoms with Crippen molar-refractivity contribution in [2.45, 2.75) is 51.6 Å². The molecule has 2 N–H and O–H groups in total. The van der Waals surface area contributed by atoms with Crippen LogP contribution < -0.4 is 5.32 Å². The van der Waals surface area contributed by atoms with Crippen molar-refractivity contribution in [3.63, 3.8) is 0 Å². The lowest BCUT2D eigenvalue weighted by molar-refractivity contribution is -0.150. The second-order valence-corrected chi connectivity index (χ2v) is 5.20. The molecule has 6 nitrogen and oxygen atoms in total. The van der Waals surface area contributed by atoms with Gasteiger partial charge in [-0.1, -0.05) is 0 Å². The van der Waals surface area contributed by atoms with Gasteiger partial charge in [0.25, 0.3) is 0 Å². The number of nitrogens with zero attached hydrogens (tertiary/aromatic N) is 1. The zero-order valence-electron chi connectivity index (χ0n) is 11.9. The molecule has 6 heteroatoms. The third-order valence-electron chi connectivity index (χ3n) is 3.54. The molecule has 0 radical (unpaired) electrons. The lowest BCUT2D eigenvalue weighted by Gasteiger charge is -2.41. The number of likely N-dealkylation sites (tertiary alicyclic amines) is 1. The van der Waals surface area contributed by atoms with Crippen LogP contribution in [-0.2, 0) is 9.53 Å². The highest BCUT2D eigenvalue weighted by Crippen LogP contribution is 2.28. The first-order valence-electron chi connectivity index (χ1n) is 6.81. The molecule has 0 bridgehead atoms. The van der Waals surface area contributed by atoms with Crippen molar-refractivity contribution >= 4 is 12.0 Å². The minimum absolute atomic E-state index is 0.132. The van der Waals surface area contributed by atoms with Gasteiger partial charge in [-0.15, -0.1) is 0 Å². The summed E-state index contributed by atoms with van der Waals surface area (Å²) in [5.74, 6) is -0.945. The van der Waals surface area contributed by atoms with Crippen LogP contribution in [0.4, 0.5) is 4.79 Å². The van der Waals surface area contributed by atoms with Crippen LogP contribution in [-0.4, -0.2) is 53.3 Å². The molecule has 2 atom stereocenters. The molecule has 19 heavy (non-hydrogen) atoms. The van der Waals surface area contributed by atoms with Crippen LogP contribution in [0.1, 0.15) is 40.0 Å². The lowest BCUT2D eigenvalue weighted by Crippen LogP contribution is -2.61. The largest absolute Gasteiger partial charge is 0.480 e. The Labute approximate surface area is 114 Å². The van der Waals surface area contributed by atoms with E-state index in [1.54, 1.807) is 6.92 Å². The Kier molecular flexibility index (Phi) is 5.60. The normalized spacial score (nSPS) is 24.9. The van der Waals surface area contributed by atoms with Crippen LogP contribution in [0.5, 0.6) is 0 Å². The number of piperidine rings is 1. The Morgan fingerprint density at radius 2 is 2.16 bits per heavy atom. The molecule has 0 aromatic rings. The summed E-state index contributed by atoms with van der Waals surface area (Å²) in [5.41, 5.74) is -1.10. The number of hydrogen-bond acceptors (Lipinski definition) is 3. The topological polar surface area (TPSA) is 78.9 Å². The maximum atomic E-state index is 12.2. The first kappa shape index (κ1) is 15.8. The Bertz CT molecular complexity index is 335. The van der Waals surface area contributed by atoms with Crippen LogP contribution >= 0.6 is 0 Å². The lowest BCUT2D eigenvalue weighted by atomic mass is 9.89. The fourth-order valence-corrected chi connectivity index (χ4v) is 2.29. The van der Waals surface area contributed by atoms with E-state index in [4.69, 9.17) is 4.74 Å². The molecule has 0 aromatic heterocycles. The molecule has 0 saturated carbocycles. The standard InChI is InChI=1S/C13H24N2O4/c1-4-19-9-10(2)14-12(18)15-8-6-5-7-13(15,3)11(16)17/h10H,4-9H2,1-3H3,(H,14,18)(H,16,17). The average molecular weight is 272 g/mol. The van der Waals surface area contributed by atoms with E-state index in [9.17, 15) is 14.7 Å². The summed E-state index contributed by atoms with van der Waals surface area (Å²) < 4.78 is 5.23. The van der Waals surface area contributed by atoms with E-state index < -0.39 is 11.5 Å². The van der Waals surface area contributed by atoms with Gasteiger partial charge in [0.15, 0.2) is 0 Å². The second kappa shape index (κ2) is 6.75. The van der Waals surface area contributed by atoms with Crippen molar-refractivity contribution in [2.24, 2.45) is 0 Å². The molecule has 0 aromatic carbocycles. The van der Waals surface area contributed by atoms with Crippen molar-refractivity contribution < 1.29 is 19.4 Å². The summed E-state index contributed by atoms with van der Waals surface area (Å²) in [7, 11) is 0. The number of carboxylic acid groups (broad SMARTS) is 1. The number of carboxylic acids is 1. The van der Waals surface area contributed by atoms with Crippen molar-refractivity contribution in [3.05, 3.63) is 0 Å². The van der Waals surface area contributed by atoms with Gasteiger partial charge in [0.2, 0.25) is 0 Å². The molecule has 1 aliphatic heterocycles. The van der Waals surface area contributed by atoms with Crippen molar-refractivity contribution in [3.8, 4) is 0 Å². The van der Waals surface area contributed by atoms with Gasteiger partial charge in [0.1, 0.15) is 5.54 Å². The monoisotopic (exact) mass is 272 g/mol. The number of ether oxygens (including phenoxy) is 1. The first-order chi connectivity index (χ1) is 8.91. The van der Waals surface area contributed by atoms with Gasteiger partial charge in [-0.2, -0.15) is 0 Å². The molecule has 2 unspecified atom stereocenters. The van der Waals surface area contributed by atoms with E-state index in [2.05, 4.69) is 5.32 Å². The highest BCUT2D eigenvalue weighted by Gasteiger charge is 2.44. The van der Waals surface area contributed by atoms with Gasteiger partial charge >= 0.3 is 12.0 Å². The minimum Gasteiger partial charge on any atom is -0.480 e. The molecule has 110 valence electrons. The molecule has 1 aliphatic rings. The van der Waals surface area contributed by atoms with E-state index in [1.165, 1.54) is 4.90 Å². The number of aliphatic carboxylic acids is 1. The van der Waals surface area contributed by atoms with Gasteiger partial charge in [0, 0.05) is 13.2 Å². The molecule has 1 rings (SSSR count). The Morgan fingerprint density at radius 1 is 1.47 bits per heavy atom. The predicted molar refractivity (Wildman–Crippen MR) is 71.1 cm³/mol. The van der Waals surface area contributed by atoms with Gasteiger partial charge in [-0.05, 0) is 40.0 Å². The van der Waals surface area contributed by atoms with E-state index in [-0.39, 0.29) is 12.1 Å². The predicted octanol–water partition coefficient (Wildman–Crippen LogP) is 1.45. The third kappa shape index (κ3) is 3.83. The van der Waals surface area contributed by atoms with E-state index in [1.807, 2.05) is 13.8 Å². The average Bonchev–Trinajstić information content (AvgIpc) is 2.36. The summed E-state index contributed by atoms with van der Waals surface area (Å²) in [6.45, 7) is 6.85. The number of urea groups is 1. The van der Waals surface area contributed by atoms with Crippen LogP contribution in [0.3, 0.4) is 0 Å². The summed E-state index contributed by atoms with van der Waals surface area (Å²) in [6, 6.07) is -0.454. The highest BCUT2D eigenvalue weighted by molar-refractivity contribution is 5.86. The van der Waals surface area contributed by atoms with E-state index in [0.717, 1.165) is 12.8 Å². The number of hydrogen-bond donors (Lipinski definition) is 2. The quantitative estimate of drug-likeness (QED) is 0.794. The zero-order valence-corrected chi connectivity index (χ0v) is 11.9. The summed E-state index contributed by atoms with van der Waals surface area (Å²) in [6.07, 6.45) is 2.17. The van der Waals surface area contributed by atoms with Crippen molar-refractivity contribution in [1.82, 2.24) is 10.2 Å². The van der Waals surface area contributed by atoms with Crippen molar-refractivity contribution in [2.75, 3.05) is 19.8 Å². The fourth-order valence-electron chi connectivity index (χ4n) is 2.29. The molecular weight excluding hydrogens is 248 g/mol. The number of nitrogens with one attached hydrogen (secondary N) is 1. The van der Waals surface area contributed by atoms with Crippen molar-refractivity contribution in [1.29, 1.82) is 0 Å². The molecule has 2 amide bonds. The number of carbonyl (C=O) groups excluding carboxylic acids is 1. The summed E-state index contributed by atoms with van der Waals surface area (Å²) in [4.78, 5) is 25.0. The van der Waals surface area contributed by atoms with Crippen LogP contribution in [0.15, 0.2) is 0 Å². The number of carbonyl (C=O) groups is 2. The number of amides is 2. The molecule has 1 saturated heterocycles. The Balaban J connectivity index is 2.65. The van der Waals surface area contributed by atoms with Gasteiger partial charge < -0.3 is 20.1 Å². The zero-order chi connectivity index (χ0) is 14.5. The smallest absolute Gasteiger partial charge is 0.329 e. The summed E-state index contributed by atoms with van der Waals surface area (Å²) in [5, 5.41) is 12.1. The fraction of sp³-hybridized carbons (Fsp3) is 0.846. The van der Waals surface area contributed by atoms with E-state index >= 15 is 0 Å². The Hall–Kier alpha value is -1.30. The maximum Gasteiger partial charge on any atom is 0.329 e. The van der Waals surface area contributed by atoms with Gasteiger partial charge in [0.05, 0.1) is 12.6 Å². The number of rotatable bonds is 5. The molecule has 0 aliphatic carbocycles. The van der Waals surface area contributed by atoms with Crippen LogP contribution in [0.2, 0.25) is 0 Å².